The van der Waals surface area contributed by atoms with Crippen molar-refractivity contribution >= 4 is 12.6 Å². The SMILES string of the molecule is N#CC([S])c1ccc(-c2ccccc2)cc1. The summed E-state index contributed by atoms with van der Waals surface area (Å²) in [7, 11) is 0. The Kier molecular flexibility index (Phi) is 3.28. The molecule has 1 atom stereocenters. The highest BCUT2D eigenvalue weighted by Crippen LogP contribution is 2.23. The van der Waals surface area contributed by atoms with Crippen molar-refractivity contribution in [1.82, 2.24) is 0 Å². The van der Waals surface area contributed by atoms with Crippen molar-refractivity contribution < 1.29 is 0 Å². The summed E-state index contributed by atoms with van der Waals surface area (Å²) >= 11 is 5.00. The van der Waals surface area contributed by atoms with E-state index in [1.165, 1.54) is 5.56 Å². The lowest BCUT2D eigenvalue weighted by Crippen LogP contribution is -1.86. The Bertz CT molecular complexity index is 497. The lowest BCUT2D eigenvalue weighted by molar-refractivity contribution is 1.24. The number of nitriles is 1. The Hall–Kier alpha value is -1.72. The van der Waals surface area contributed by atoms with Crippen molar-refractivity contribution in [2.75, 3.05) is 0 Å². The second-order valence-corrected chi connectivity index (χ2v) is 3.97. The third-order valence-corrected chi connectivity index (χ3v) is 2.82. The summed E-state index contributed by atoms with van der Waals surface area (Å²) in [4.78, 5) is 0. The summed E-state index contributed by atoms with van der Waals surface area (Å²) in [5.41, 5.74) is 3.20. The largest absolute Gasteiger partial charge is 0.197 e. The fraction of sp³-hybridized carbons (Fsp3) is 0.0714. The number of nitrogens with zero attached hydrogens (tertiary/aromatic N) is 1. The Labute approximate surface area is 101 Å². The average Bonchev–Trinajstić information content (AvgIpc) is 2.39. The van der Waals surface area contributed by atoms with Gasteiger partial charge in [0.15, 0.2) is 0 Å². The van der Waals surface area contributed by atoms with Crippen LogP contribution in [0.2, 0.25) is 0 Å². The fourth-order valence-electron chi connectivity index (χ4n) is 1.56. The molecule has 0 saturated carbocycles. The molecule has 0 aromatic heterocycles. The van der Waals surface area contributed by atoms with Crippen molar-refractivity contribution in [3.8, 4) is 17.2 Å². The Morgan fingerprint density at radius 1 is 0.875 bits per heavy atom. The monoisotopic (exact) mass is 224 g/mol. The van der Waals surface area contributed by atoms with Gasteiger partial charge in [-0.15, -0.1) is 0 Å². The molecule has 2 rings (SSSR count). The summed E-state index contributed by atoms with van der Waals surface area (Å²) in [6.07, 6.45) is 0. The van der Waals surface area contributed by atoms with Gasteiger partial charge in [-0.2, -0.15) is 5.26 Å². The topological polar surface area (TPSA) is 23.8 Å². The van der Waals surface area contributed by atoms with Crippen LogP contribution in [0.15, 0.2) is 54.6 Å². The Morgan fingerprint density at radius 2 is 1.44 bits per heavy atom. The van der Waals surface area contributed by atoms with Gasteiger partial charge in [0.2, 0.25) is 0 Å². The molecule has 1 nitrogen and oxygen atoms in total. The highest BCUT2D eigenvalue weighted by atomic mass is 32.1. The first-order valence-electron chi connectivity index (χ1n) is 5.02. The molecule has 2 aromatic rings. The zero-order valence-electron chi connectivity index (χ0n) is 8.63. The minimum atomic E-state index is -0.454. The lowest BCUT2D eigenvalue weighted by atomic mass is 10.0. The third kappa shape index (κ3) is 2.26. The molecule has 0 N–H and O–H groups in total. The van der Waals surface area contributed by atoms with Gasteiger partial charge < -0.3 is 0 Å². The lowest BCUT2D eigenvalue weighted by Gasteiger charge is -2.04. The first kappa shape index (κ1) is 10.8. The van der Waals surface area contributed by atoms with E-state index < -0.39 is 5.25 Å². The summed E-state index contributed by atoms with van der Waals surface area (Å²) in [5, 5.41) is 8.27. The molecule has 0 aliphatic rings. The zero-order valence-corrected chi connectivity index (χ0v) is 9.45. The van der Waals surface area contributed by atoms with Crippen LogP contribution >= 0.6 is 12.6 Å². The van der Waals surface area contributed by atoms with Crippen LogP contribution < -0.4 is 0 Å². The van der Waals surface area contributed by atoms with E-state index in [1.54, 1.807) is 0 Å². The van der Waals surface area contributed by atoms with Crippen molar-refractivity contribution in [1.29, 1.82) is 5.26 Å². The molecule has 1 unspecified atom stereocenters. The van der Waals surface area contributed by atoms with Crippen LogP contribution in [0.1, 0.15) is 10.8 Å². The average molecular weight is 224 g/mol. The van der Waals surface area contributed by atoms with E-state index in [0.717, 1.165) is 11.1 Å². The highest BCUT2D eigenvalue weighted by molar-refractivity contribution is 7.80. The van der Waals surface area contributed by atoms with E-state index in [-0.39, 0.29) is 0 Å². The molecule has 77 valence electrons. The molecule has 0 bridgehead atoms. The molecule has 1 radical (unpaired) electrons. The summed E-state index contributed by atoms with van der Waals surface area (Å²) < 4.78 is 0. The van der Waals surface area contributed by atoms with Gasteiger partial charge in [0.05, 0.1) is 6.07 Å². The summed E-state index contributed by atoms with van der Waals surface area (Å²) in [6.45, 7) is 0. The Balaban J connectivity index is 2.31. The van der Waals surface area contributed by atoms with E-state index >= 15 is 0 Å². The molecular formula is C14H10NS. The first-order valence-corrected chi connectivity index (χ1v) is 5.49. The molecule has 0 spiro atoms. The second kappa shape index (κ2) is 4.87. The zero-order chi connectivity index (χ0) is 11.4. The van der Waals surface area contributed by atoms with Crippen LogP contribution in [0.4, 0.5) is 0 Å². The third-order valence-electron chi connectivity index (χ3n) is 2.44. The smallest absolute Gasteiger partial charge is 0.127 e. The summed E-state index contributed by atoms with van der Waals surface area (Å²) in [6, 6.07) is 20.0. The quantitative estimate of drug-likeness (QED) is 0.752. The molecule has 0 aliphatic heterocycles. The Morgan fingerprint density at radius 3 is 2.00 bits per heavy atom. The normalized spacial score (nSPS) is 11.8. The van der Waals surface area contributed by atoms with Crippen LogP contribution in [-0.4, -0.2) is 0 Å². The van der Waals surface area contributed by atoms with Gasteiger partial charge in [0, 0.05) is 0 Å². The van der Waals surface area contributed by atoms with Crippen LogP contribution in [0, 0.1) is 11.3 Å². The number of benzene rings is 2. The molecule has 0 heterocycles. The maximum Gasteiger partial charge on any atom is 0.127 e. The minimum Gasteiger partial charge on any atom is -0.197 e. The van der Waals surface area contributed by atoms with Gasteiger partial charge in [-0.25, -0.2) is 0 Å². The van der Waals surface area contributed by atoms with E-state index in [4.69, 9.17) is 17.9 Å². The van der Waals surface area contributed by atoms with Crippen LogP contribution in [0.25, 0.3) is 11.1 Å². The molecule has 2 heteroatoms. The van der Waals surface area contributed by atoms with E-state index in [1.807, 2.05) is 42.5 Å². The maximum atomic E-state index is 8.72. The van der Waals surface area contributed by atoms with Crippen molar-refractivity contribution in [2.24, 2.45) is 0 Å². The van der Waals surface area contributed by atoms with Gasteiger partial charge in [-0.1, -0.05) is 67.2 Å². The second-order valence-electron chi connectivity index (χ2n) is 3.50. The molecule has 0 fully saturated rings. The molecule has 0 saturated heterocycles. The number of hydrogen-bond donors (Lipinski definition) is 0. The van der Waals surface area contributed by atoms with Gasteiger partial charge in [0.1, 0.15) is 5.25 Å². The predicted molar refractivity (Wildman–Crippen MR) is 67.8 cm³/mol. The molecule has 0 aliphatic carbocycles. The molecule has 0 amide bonds. The van der Waals surface area contributed by atoms with Crippen molar-refractivity contribution in [2.45, 2.75) is 5.25 Å². The van der Waals surface area contributed by atoms with E-state index in [2.05, 4.69) is 18.2 Å². The van der Waals surface area contributed by atoms with Crippen LogP contribution in [0.5, 0.6) is 0 Å². The molecular weight excluding hydrogens is 214 g/mol. The first-order chi connectivity index (χ1) is 7.81. The maximum absolute atomic E-state index is 8.72. The molecule has 2 aromatic carbocycles. The van der Waals surface area contributed by atoms with E-state index in [0.29, 0.717) is 0 Å². The van der Waals surface area contributed by atoms with Crippen LogP contribution in [-0.2, 0) is 0 Å². The standard InChI is InChI=1S/C14H10NS/c15-10-14(16)13-8-6-12(7-9-13)11-4-2-1-3-5-11/h1-9,14H. The highest BCUT2D eigenvalue weighted by Gasteiger charge is 2.05. The fourth-order valence-corrected chi connectivity index (χ4v) is 1.71. The van der Waals surface area contributed by atoms with Crippen molar-refractivity contribution in [3.63, 3.8) is 0 Å². The van der Waals surface area contributed by atoms with Crippen molar-refractivity contribution in [3.05, 3.63) is 60.2 Å². The van der Waals surface area contributed by atoms with E-state index in [9.17, 15) is 0 Å². The number of hydrogen-bond acceptors (Lipinski definition) is 1. The minimum absolute atomic E-state index is 0.454. The summed E-state index contributed by atoms with van der Waals surface area (Å²) in [5.74, 6) is 0. The van der Waals surface area contributed by atoms with Crippen LogP contribution in [0.3, 0.4) is 0 Å². The van der Waals surface area contributed by atoms with Gasteiger partial charge in [0.25, 0.3) is 0 Å². The predicted octanol–water partition coefficient (Wildman–Crippen LogP) is 4.12. The molecule has 16 heavy (non-hydrogen) atoms. The van der Waals surface area contributed by atoms with Gasteiger partial charge in [-0.05, 0) is 16.7 Å². The van der Waals surface area contributed by atoms with Gasteiger partial charge >= 0.3 is 0 Å². The number of rotatable bonds is 2. The van der Waals surface area contributed by atoms with Gasteiger partial charge in [-0.3, -0.25) is 0 Å².